The Morgan fingerprint density at radius 1 is 0.894 bits per heavy atom. The van der Waals surface area contributed by atoms with Crippen molar-refractivity contribution in [1.82, 2.24) is 10.2 Å². The molecule has 0 aliphatic carbocycles. The Kier molecular flexibility index (Phi) is 12.1. The van der Waals surface area contributed by atoms with E-state index in [2.05, 4.69) is 72.0 Å². The summed E-state index contributed by atoms with van der Waals surface area (Å²) in [5.41, 5.74) is 4.78. The smallest absolute Gasteiger partial charge is 0.224 e. The summed E-state index contributed by atoms with van der Waals surface area (Å²) >= 11 is 0. The average molecular weight is 638 g/mol. The molecule has 0 aromatic heterocycles. The molecule has 3 N–H and O–H groups in total. The average Bonchev–Trinajstić information content (AvgIpc) is 3.09. The van der Waals surface area contributed by atoms with Crippen LogP contribution in [0.1, 0.15) is 86.6 Å². The minimum atomic E-state index is -0.575. The summed E-state index contributed by atoms with van der Waals surface area (Å²) < 4.78 is 13.1. The molecule has 2 amide bonds. The van der Waals surface area contributed by atoms with Gasteiger partial charge in [0.15, 0.2) is 6.29 Å². The molecule has 8 nitrogen and oxygen atoms in total. The van der Waals surface area contributed by atoms with Crippen molar-refractivity contribution in [3.8, 4) is 0 Å². The van der Waals surface area contributed by atoms with E-state index in [1.807, 2.05) is 48.5 Å². The number of rotatable bonds is 14. The Morgan fingerprint density at radius 2 is 1.62 bits per heavy atom. The van der Waals surface area contributed by atoms with Gasteiger partial charge in [-0.3, -0.25) is 14.5 Å². The number of ether oxygens (including phenoxy) is 2. The molecule has 5 rings (SSSR count). The van der Waals surface area contributed by atoms with E-state index in [1.54, 1.807) is 0 Å². The zero-order valence-electron chi connectivity index (χ0n) is 27.7. The van der Waals surface area contributed by atoms with Crippen LogP contribution in [0.15, 0.2) is 91.0 Å². The summed E-state index contributed by atoms with van der Waals surface area (Å²) in [6.07, 6.45) is 2.79. The highest BCUT2D eigenvalue weighted by atomic mass is 16.7. The summed E-state index contributed by atoms with van der Waals surface area (Å²) in [4.78, 5) is 25.8. The van der Waals surface area contributed by atoms with E-state index in [9.17, 15) is 14.7 Å². The largest absolute Gasteiger partial charge is 0.392 e. The number of hydrogen-bond acceptors (Lipinski definition) is 6. The molecule has 4 aromatic carbocycles. The number of aliphatic hydroxyl groups excluding tert-OH is 1. The maximum Gasteiger partial charge on any atom is 0.224 e. The summed E-state index contributed by atoms with van der Waals surface area (Å²) in [5, 5.41) is 17.8. The number of hydrogen-bond donors (Lipinski definition) is 3. The van der Waals surface area contributed by atoms with E-state index < -0.39 is 6.29 Å². The van der Waals surface area contributed by atoms with Crippen LogP contribution in [-0.4, -0.2) is 48.1 Å². The van der Waals surface area contributed by atoms with Crippen molar-refractivity contribution in [2.24, 2.45) is 0 Å². The quantitative estimate of drug-likeness (QED) is 0.126. The predicted molar refractivity (Wildman–Crippen MR) is 186 cm³/mol. The minimum absolute atomic E-state index is 0.000883. The minimum Gasteiger partial charge on any atom is -0.392 e. The number of carbonyl (C=O) groups is 2. The second kappa shape index (κ2) is 16.7. The first-order chi connectivity index (χ1) is 22.8. The maximum atomic E-state index is 12.5. The molecular formula is C39H47N3O5. The number of nitrogens with zero attached hydrogens (tertiary/aromatic N) is 1. The molecule has 248 valence electrons. The standard InChI is InChI=1S/C39H47N3O5/c1-27(33-17-16-30-9-6-7-10-34(30)23-33)42(3)25-36-24-37(31-14-12-29(26-43)13-15-31)47-39(46-36)32-18-20-35(21-19-32)41-38(45)11-5-4-8-22-40-28(2)44/h6-7,9-10,12-21,23,27,36-37,39,43H,4-5,8,11,22,24-26H2,1-3H3,(H,40,44)(H,41,45). The third-order valence-corrected chi connectivity index (χ3v) is 8.94. The molecule has 8 heteroatoms. The van der Waals surface area contributed by atoms with Crippen molar-refractivity contribution in [1.29, 1.82) is 0 Å². The number of likely N-dealkylation sites (N-methyl/N-ethyl adjacent to an activating group) is 1. The molecular weight excluding hydrogens is 590 g/mol. The van der Waals surface area contributed by atoms with Crippen molar-refractivity contribution in [2.45, 2.75) is 77.1 Å². The van der Waals surface area contributed by atoms with E-state index in [0.29, 0.717) is 19.4 Å². The lowest BCUT2D eigenvalue weighted by Gasteiger charge is -2.39. The zero-order valence-corrected chi connectivity index (χ0v) is 27.7. The summed E-state index contributed by atoms with van der Waals surface area (Å²) in [6.45, 7) is 5.09. The van der Waals surface area contributed by atoms with Gasteiger partial charge >= 0.3 is 0 Å². The molecule has 0 bridgehead atoms. The molecule has 1 aliphatic rings. The number of carbonyl (C=O) groups excluding carboxylic acids is 2. The third kappa shape index (κ3) is 9.72. The van der Waals surface area contributed by atoms with Crippen LogP contribution >= 0.6 is 0 Å². The van der Waals surface area contributed by atoms with Gasteiger partial charge in [0.2, 0.25) is 11.8 Å². The number of fused-ring (bicyclic) bond motifs is 1. The van der Waals surface area contributed by atoms with Crippen molar-refractivity contribution in [2.75, 3.05) is 25.5 Å². The molecule has 47 heavy (non-hydrogen) atoms. The molecule has 4 aromatic rings. The van der Waals surface area contributed by atoms with E-state index in [4.69, 9.17) is 9.47 Å². The first-order valence-electron chi connectivity index (χ1n) is 16.6. The molecule has 0 radical (unpaired) electrons. The molecule has 1 saturated heterocycles. The van der Waals surface area contributed by atoms with Crippen molar-refractivity contribution in [3.05, 3.63) is 113 Å². The predicted octanol–water partition coefficient (Wildman–Crippen LogP) is 7.21. The summed E-state index contributed by atoms with van der Waals surface area (Å²) in [6, 6.07) is 30.9. The summed E-state index contributed by atoms with van der Waals surface area (Å²) in [7, 11) is 2.14. The Hall–Kier alpha value is -4.08. The lowest BCUT2D eigenvalue weighted by Crippen LogP contribution is -2.38. The van der Waals surface area contributed by atoms with Crippen LogP contribution in [0.4, 0.5) is 5.69 Å². The lowest BCUT2D eigenvalue weighted by atomic mass is 9.98. The molecule has 4 atom stereocenters. The highest BCUT2D eigenvalue weighted by Gasteiger charge is 2.33. The number of amides is 2. The number of benzene rings is 4. The van der Waals surface area contributed by atoms with Crippen molar-refractivity contribution < 1.29 is 24.2 Å². The molecule has 4 unspecified atom stereocenters. The number of unbranched alkanes of at least 4 members (excludes halogenated alkanes) is 2. The SMILES string of the molecule is CC(=O)NCCCCCC(=O)Nc1ccc(C2OC(CN(C)C(C)c3ccc4ccccc4c3)CC(c3ccc(CO)cc3)O2)cc1. The fourth-order valence-electron chi connectivity index (χ4n) is 6.03. The second-order valence-electron chi connectivity index (χ2n) is 12.5. The highest BCUT2D eigenvalue weighted by Crippen LogP contribution is 2.39. The van der Waals surface area contributed by atoms with Gasteiger partial charge in [0.25, 0.3) is 0 Å². The van der Waals surface area contributed by atoms with Crippen LogP contribution in [0, 0.1) is 0 Å². The second-order valence-corrected chi connectivity index (χ2v) is 12.5. The monoisotopic (exact) mass is 637 g/mol. The fourth-order valence-corrected chi connectivity index (χ4v) is 6.03. The topological polar surface area (TPSA) is 100 Å². The first-order valence-corrected chi connectivity index (χ1v) is 16.6. The molecule has 1 fully saturated rings. The van der Waals surface area contributed by atoms with Crippen molar-refractivity contribution in [3.63, 3.8) is 0 Å². The van der Waals surface area contributed by atoms with Crippen LogP contribution in [0.3, 0.4) is 0 Å². The highest BCUT2D eigenvalue weighted by molar-refractivity contribution is 5.90. The molecule has 0 saturated carbocycles. The van der Waals surface area contributed by atoms with Crippen LogP contribution in [-0.2, 0) is 25.7 Å². The van der Waals surface area contributed by atoms with Gasteiger partial charge < -0.3 is 25.2 Å². The van der Waals surface area contributed by atoms with E-state index in [-0.39, 0.29) is 36.7 Å². The molecule has 0 spiro atoms. The van der Waals surface area contributed by atoms with Gasteiger partial charge in [-0.15, -0.1) is 0 Å². The van der Waals surface area contributed by atoms with E-state index >= 15 is 0 Å². The number of anilines is 1. The Labute approximate surface area is 278 Å². The molecule has 1 heterocycles. The fraction of sp³-hybridized carbons (Fsp3) is 0.385. The Morgan fingerprint density at radius 3 is 2.34 bits per heavy atom. The van der Waals surface area contributed by atoms with E-state index in [0.717, 1.165) is 48.2 Å². The van der Waals surface area contributed by atoms with Crippen molar-refractivity contribution >= 4 is 28.3 Å². The summed E-state index contributed by atoms with van der Waals surface area (Å²) in [5.74, 6) is -0.0608. The Bertz CT molecular complexity index is 1610. The van der Waals surface area contributed by atoms with Crippen LogP contribution < -0.4 is 10.6 Å². The van der Waals surface area contributed by atoms with Gasteiger partial charge in [-0.25, -0.2) is 0 Å². The van der Waals surface area contributed by atoms with E-state index in [1.165, 1.54) is 23.3 Å². The molecule has 1 aliphatic heterocycles. The zero-order chi connectivity index (χ0) is 33.2. The van der Waals surface area contributed by atoms with Crippen LogP contribution in [0.2, 0.25) is 0 Å². The van der Waals surface area contributed by atoms with Gasteiger partial charge in [-0.1, -0.05) is 79.2 Å². The Balaban J connectivity index is 1.23. The van der Waals surface area contributed by atoms with Gasteiger partial charge in [0.05, 0.1) is 18.8 Å². The van der Waals surface area contributed by atoms with Crippen LogP contribution in [0.5, 0.6) is 0 Å². The lowest BCUT2D eigenvalue weighted by molar-refractivity contribution is -0.253. The first kappa shape index (κ1) is 34.3. The normalized spacial score (nSPS) is 18.6. The van der Waals surface area contributed by atoms with Gasteiger partial charge in [0.1, 0.15) is 0 Å². The maximum absolute atomic E-state index is 12.5. The van der Waals surface area contributed by atoms with Gasteiger partial charge in [-0.05, 0) is 72.5 Å². The third-order valence-electron chi connectivity index (χ3n) is 8.94. The van der Waals surface area contributed by atoms with Gasteiger partial charge in [0, 0.05) is 50.1 Å². The van der Waals surface area contributed by atoms with Gasteiger partial charge in [-0.2, -0.15) is 0 Å². The van der Waals surface area contributed by atoms with Crippen LogP contribution in [0.25, 0.3) is 10.8 Å². The number of nitrogens with one attached hydrogen (secondary N) is 2. The number of aliphatic hydroxyl groups is 1.